The fraction of sp³-hybridized carbons (Fsp3) is 0.806. The molecule has 1 aromatic rings. The van der Waals surface area contributed by atoms with Crippen molar-refractivity contribution in [1.29, 1.82) is 0 Å². The summed E-state index contributed by atoms with van der Waals surface area (Å²) in [6.45, 7) is 3.93. The minimum absolute atomic E-state index is 0.0409. The summed E-state index contributed by atoms with van der Waals surface area (Å²) in [7, 11) is 1.46. The molecule has 0 bridgehead atoms. The van der Waals surface area contributed by atoms with E-state index >= 15 is 0 Å². The van der Waals surface area contributed by atoms with E-state index in [2.05, 4.69) is 6.92 Å². The molecule has 3 N–H and O–H groups in total. The first-order chi connectivity index (χ1) is 19.1. The topological polar surface area (TPSA) is 136 Å². The molecule has 2 heterocycles. The minimum Gasteiger partial charge on any atom is -0.431 e. The number of aldehydes is 1. The second-order valence-corrected chi connectivity index (χ2v) is 13.5. The predicted molar refractivity (Wildman–Crippen MR) is 143 cm³/mol. The van der Waals surface area contributed by atoms with Crippen molar-refractivity contribution in [3.63, 3.8) is 0 Å². The number of aliphatic hydroxyl groups is 3. The number of fused-ring (bicyclic) bond motifs is 5. The number of hydrogen-bond donors (Lipinski definition) is 3. The highest BCUT2D eigenvalue weighted by molar-refractivity contribution is 5.62. The van der Waals surface area contributed by atoms with Gasteiger partial charge in [-0.15, -0.1) is 0 Å². The molecule has 9 nitrogen and oxygen atoms in total. The van der Waals surface area contributed by atoms with Crippen molar-refractivity contribution < 1.29 is 38.7 Å². The van der Waals surface area contributed by atoms with Crippen molar-refractivity contribution in [2.45, 2.75) is 120 Å². The van der Waals surface area contributed by atoms with Gasteiger partial charge >= 0.3 is 5.63 Å². The van der Waals surface area contributed by atoms with Crippen molar-refractivity contribution in [2.24, 2.45) is 28.6 Å². The summed E-state index contributed by atoms with van der Waals surface area (Å²) in [6.07, 6.45) is 5.26. The van der Waals surface area contributed by atoms with Crippen molar-refractivity contribution in [3.05, 3.63) is 34.4 Å². The molecule has 5 fully saturated rings. The van der Waals surface area contributed by atoms with Gasteiger partial charge in [0.1, 0.15) is 24.6 Å². The molecule has 5 aliphatic rings. The number of aliphatic hydroxyl groups excluding tert-OH is 2. The van der Waals surface area contributed by atoms with E-state index in [1.165, 1.54) is 19.5 Å². The number of methoxy groups -OCH3 is 1. The predicted octanol–water partition coefficient (Wildman–Crippen LogP) is 2.93. The fourth-order valence-corrected chi connectivity index (χ4v) is 9.91. The highest BCUT2D eigenvalue weighted by atomic mass is 16.7. The molecule has 0 amide bonds. The summed E-state index contributed by atoms with van der Waals surface area (Å²) in [5.41, 5.74) is -1.12. The molecule has 13 atom stereocenters. The highest BCUT2D eigenvalue weighted by Crippen LogP contribution is 2.70. The molecular formula is C31H44O9. The van der Waals surface area contributed by atoms with Gasteiger partial charge in [-0.3, -0.25) is 0 Å². The average Bonchev–Trinajstić information content (AvgIpc) is 3.23. The first kappa shape index (κ1) is 28.5. The first-order valence-electron chi connectivity index (χ1n) is 15.1. The molecule has 1 aromatic heterocycles. The molecule has 0 unspecified atom stereocenters. The third-order valence-corrected chi connectivity index (χ3v) is 12.1. The maximum atomic E-state index is 13.0. The van der Waals surface area contributed by atoms with E-state index in [1.807, 2.05) is 6.07 Å². The summed E-state index contributed by atoms with van der Waals surface area (Å²) in [5, 5.41) is 33.5. The van der Waals surface area contributed by atoms with Gasteiger partial charge in [-0.1, -0.05) is 6.92 Å². The molecule has 1 saturated heterocycles. The van der Waals surface area contributed by atoms with Gasteiger partial charge in [0.2, 0.25) is 0 Å². The Hall–Kier alpha value is -1.62. The van der Waals surface area contributed by atoms with Crippen LogP contribution in [0.2, 0.25) is 0 Å². The van der Waals surface area contributed by atoms with Gasteiger partial charge in [0.15, 0.2) is 6.29 Å². The van der Waals surface area contributed by atoms with Crippen LogP contribution in [0.25, 0.3) is 0 Å². The third-order valence-electron chi connectivity index (χ3n) is 12.1. The number of hydrogen-bond acceptors (Lipinski definition) is 9. The zero-order valence-corrected chi connectivity index (χ0v) is 23.7. The van der Waals surface area contributed by atoms with Crippen LogP contribution in [0.5, 0.6) is 0 Å². The van der Waals surface area contributed by atoms with Gasteiger partial charge in [0.05, 0.1) is 24.1 Å². The molecule has 6 rings (SSSR count). The Kier molecular flexibility index (Phi) is 7.32. The van der Waals surface area contributed by atoms with Crippen molar-refractivity contribution >= 4 is 6.29 Å². The van der Waals surface area contributed by atoms with Crippen LogP contribution in [0, 0.1) is 28.6 Å². The van der Waals surface area contributed by atoms with Gasteiger partial charge in [0, 0.05) is 24.0 Å². The lowest BCUT2D eigenvalue weighted by atomic mass is 9.43. The van der Waals surface area contributed by atoms with Crippen molar-refractivity contribution in [3.8, 4) is 0 Å². The zero-order chi connectivity index (χ0) is 28.4. The summed E-state index contributed by atoms with van der Waals surface area (Å²) < 4.78 is 22.6. The summed E-state index contributed by atoms with van der Waals surface area (Å²) in [6, 6.07) is 3.30. The van der Waals surface area contributed by atoms with Crippen molar-refractivity contribution in [2.75, 3.05) is 7.11 Å². The molecule has 0 aromatic carbocycles. The Bertz CT molecular complexity index is 1130. The Labute approximate surface area is 235 Å². The minimum atomic E-state index is -1.11. The van der Waals surface area contributed by atoms with Gasteiger partial charge < -0.3 is 38.7 Å². The number of ether oxygens (including phenoxy) is 3. The van der Waals surface area contributed by atoms with E-state index in [4.69, 9.17) is 18.6 Å². The van der Waals surface area contributed by atoms with E-state index in [1.54, 1.807) is 13.2 Å². The van der Waals surface area contributed by atoms with Crippen molar-refractivity contribution in [1.82, 2.24) is 0 Å². The molecular weight excluding hydrogens is 516 g/mol. The van der Waals surface area contributed by atoms with E-state index in [0.717, 1.165) is 37.7 Å². The normalized spacial score (nSPS) is 50.5. The Morgan fingerprint density at radius 2 is 1.82 bits per heavy atom. The Balaban J connectivity index is 1.19. The van der Waals surface area contributed by atoms with E-state index in [-0.39, 0.29) is 40.8 Å². The van der Waals surface area contributed by atoms with Crippen LogP contribution < -0.4 is 5.63 Å². The molecule has 9 heteroatoms. The molecule has 40 heavy (non-hydrogen) atoms. The smallest absolute Gasteiger partial charge is 0.335 e. The Morgan fingerprint density at radius 1 is 1.02 bits per heavy atom. The largest absolute Gasteiger partial charge is 0.431 e. The SMILES string of the molecule is CO[C@H]1[C@H](O)[C@@H](O[C@@H]2CC[C@]3(C=O)[C@@H](CC[C@@H]4[C@@H]3CC[C@]3(C)[C@H](c5ccc(=O)oc5)CC[C@]43O)C2)O[C@@H](C)[C@H]1O. The quantitative estimate of drug-likeness (QED) is 0.367. The molecule has 0 radical (unpaired) electrons. The Morgan fingerprint density at radius 3 is 2.52 bits per heavy atom. The number of rotatable bonds is 5. The fourth-order valence-electron chi connectivity index (χ4n) is 9.91. The van der Waals surface area contributed by atoms with Crippen LogP contribution in [-0.4, -0.2) is 71.1 Å². The standard InChI is InChI=1S/C31H44O9/c1-17-25(34)27(37-3)26(35)28(39-17)40-20-8-12-30(16-32)19(14-20)5-6-23-22(30)9-11-29(2)21(10-13-31(23,29)36)18-4-7-24(33)38-15-18/h4,7,15-17,19-23,25-28,34-36H,5-6,8-14H2,1-3H3/t17-,19-,20+,21-,22-,23+,25+,26-,27+,28+,29+,30-,31-/m0/s1. The molecule has 4 aliphatic carbocycles. The summed E-state index contributed by atoms with van der Waals surface area (Å²) in [4.78, 5) is 24.6. The van der Waals surface area contributed by atoms with Crippen LogP contribution in [0.15, 0.2) is 27.6 Å². The van der Waals surface area contributed by atoms with Crippen LogP contribution in [0.4, 0.5) is 0 Å². The first-order valence-corrected chi connectivity index (χ1v) is 15.1. The average molecular weight is 561 g/mol. The van der Waals surface area contributed by atoms with E-state index in [0.29, 0.717) is 25.7 Å². The van der Waals surface area contributed by atoms with Crippen LogP contribution in [0.3, 0.4) is 0 Å². The second kappa shape index (κ2) is 10.3. The molecule has 4 saturated carbocycles. The maximum Gasteiger partial charge on any atom is 0.335 e. The van der Waals surface area contributed by atoms with E-state index < -0.39 is 41.7 Å². The lowest BCUT2D eigenvalue weighted by Gasteiger charge is -2.63. The van der Waals surface area contributed by atoms with Gasteiger partial charge in [-0.05, 0) is 100 Å². The second-order valence-electron chi connectivity index (χ2n) is 13.5. The number of carbonyl (C=O) groups is 1. The van der Waals surface area contributed by atoms with Gasteiger partial charge in [-0.2, -0.15) is 0 Å². The number of carbonyl (C=O) groups excluding carboxylic acids is 1. The summed E-state index contributed by atoms with van der Waals surface area (Å²) in [5.74, 6) is 0.398. The molecule has 0 spiro atoms. The van der Waals surface area contributed by atoms with Crippen LogP contribution in [-0.2, 0) is 19.0 Å². The van der Waals surface area contributed by atoms with Gasteiger partial charge in [0.25, 0.3) is 0 Å². The lowest BCUT2D eigenvalue weighted by molar-refractivity contribution is -0.312. The highest BCUT2D eigenvalue weighted by Gasteiger charge is 2.68. The molecule has 1 aliphatic heterocycles. The van der Waals surface area contributed by atoms with Crippen LogP contribution in [0.1, 0.15) is 83.1 Å². The maximum absolute atomic E-state index is 13.0. The van der Waals surface area contributed by atoms with Crippen LogP contribution >= 0.6 is 0 Å². The molecule has 222 valence electrons. The zero-order valence-electron chi connectivity index (χ0n) is 23.7. The third kappa shape index (κ3) is 4.10. The monoisotopic (exact) mass is 560 g/mol. The lowest BCUT2D eigenvalue weighted by Crippen LogP contribution is -2.63. The summed E-state index contributed by atoms with van der Waals surface area (Å²) >= 11 is 0. The van der Waals surface area contributed by atoms with E-state index in [9.17, 15) is 24.9 Å². The van der Waals surface area contributed by atoms with Gasteiger partial charge in [-0.25, -0.2) is 4.79 Å².